The van der Waals surface area contributed by atoms with Crippen LogP contribution in [0.1, 0.15) is 17.8 Å². The molecule has 0 fully saturated rings. The molecule has 0 spiro atoms. The summed E-state index contributed by atoms with van der Waals surface area (Å²) in [6, 6.07) is 7.75. The Kier molecular flexibility index (Phi) is 4.95. The van der Waals surface area contributed by atoms with Crippen LogP contribution in [-0.4, -0.2) is 20.6 Å². The van der Waals surface area contributed by atoms with Crippen molar-refractivity contribution in [2.24, 2.45) is 13.0 Å². The fourth-order valence-electron chi connectivity index (χ4n) is 2.18. The van der Waals surface area contributed by atoms with E-state index in [0.29, 0.717) is 19.3 Å². The molecule has 0 aliphatic heterocycles. The van der Waals surface area contributed by atoms with Crippen LogP contribution in [0.5, 0.6) is 0 Å². The van der Waals surface area contributed by atoms with Crippen molar-refractivity contribution < 1.29 is 9.90 Å². The summed E-state index contributed by atoms with van der Waals surface area (Å²) in [5, 5.41) is 9.38. The van der Waals surface area contributed by atoms with E-state index in [1.54, 1.807) is 6.20 Å². The van der Waals surface area contributed by atoms with Crippen LogP contribution in [0.3, 0.4) is 0 Å². The molecule has 1 N–H and O–H groups in total. The summed E-state index contributed by atoms with van der Waals surface area (Å²) in [6.45, 7) is 0. The molecule has 0 amide bonds. The number of aromatic nitrogens is 2. The Morgan fingerprint density at radius 1 is 1.45 bits per heavy atom. The minimum atomic E-state index is -0.755. The highest BCUT2D eigenvalue weighted by Gasteiger charge is 2.19. The molecule has 2 rings (SSSR count). The zero-order valence-corrected chi connectivity index (χ0v) is 12.9. The molecule has 0 bridgehead atoms. The Morgan fingerprint density at radius 3 is 2.80 bits per heavy atom. The van der Waals surface area contributed by atoms with Gasteiger partial charge in [0.05, 0.1) is 5.92 Å². The van der Waals surface area contributed by atoms with Gasteiger partial charge in [-0.25, -0.2) is 4.98 Å². The van der Waals surface area contributed by atoms with E-state index in [2.05, 4.69) is 20.9 Å². The molecule has 106 valence electrons. The van der Waals surface area contributed by atoms with E-state index in [4.69, 9.17) is 0 Å². The van der Waals surface area contributed by atoms with Gasteiger partial charge in [0.15, 0.2) is 0 Å². The van der Waals surface area contributed by atoms with Crippen molar-refractivity contribution in [3.05, 3.63) is 52.5 Å². The largest absolute Gasteiger partial charge is 0.481 e. The maximum atomic E-state index is 11.4. The molecule has 1 unspecified atom stereocenters. The average Bonchev–Trinajstić information content (AvgIpc) is 2.82. The Bertz CT molecular complexity index is 595. The van der Waals surface area contributed by atoms with E-state index in [1.807, 2.05) is 42.1 Å². The first-order chi connectivity index (χ1) is 9.58. The van der Waals surface area contributed by atoms with Gasteiger partial charge < -0.3 is 9.67 Å². The maximum absolute atomic E-state index is 11.4. The predicted octanol–water partition coefficient (Wildman–Crippen LogP) is 3.06. The Morgan fingerprint density at radius 2 is 2.20 bits per heavy atom. The van der Waals surface area contributed by atoms with Crippen molar-refractivity contribution in [3.8, 4) is 0 Å². The second-order valence-electron chi connectivity index (χ2n) is 4.82. The van der Waals surface area contributed by atoms with Crippen LogP contribution in [-0.2, 0) is 24.7 Å². The van der Waals surface area contributed by atoms with Crippen molar-refractivity contribution >= 4 is 21.9 Å². The monoisotopic (exact) mass is 336 g/mol. The smallest absolute Gasteiger partial charge is 0.306 e. The topological polar surface area (TPSA) is 55.1 Å². The van der Waals surface area contributed by atoms with Crippen LogP contribution >= 0.6 is 15.9 Å². The molecule has 0 saturated heterocycles. The molecule has 2 aromatic rings. The molecule has 1 aromatic heterocycles. The molecule has 1 atom stereocenters. The number of aryl methyl sites for hydroxylation is 2. The number of carbonyl (C=O) groups is 1. The number of nitrogens with zero attached hydrogens (tertiary/aromatic N) is 2. The van der Waals surface area contributed by atoms with E-state index >= 15 is 0 Å². The lowest BCUT2D eigenvalue weighted by Gasteiger charge is -2.13. The summed E-state index contributed by atoms with van der Waals surface area (Å²) < 4.78 is 2.89. The summed E-state index contributed by atoms with van der Waals surface area (Å²) in [4.78, 5) is 15.6. The van der Waals surface area contributed by atoms with Gasteiger partial charge in [0, 0.05) is 30.3 Å². The third-order valence-corrected chi connectivity index (χ3v) is 4.18. The summed E-state index contributed by atoms with van der Waals surface area (Å²) in [5.74, 6) is -0.233. The van der Waals surface area contributed by atoms with Crippen LogP contribution in [0.15, 0.2) is 41.1 Å². The Balaban J connectivity index is 2.03. The summed E-state index contributed by atoms with van der Waals surface area (Å²) in [7, 11) is 1.92. The minimum absolute atomic E-state index is 0.398. The lowest BCUT2D eigenvalue weighted by atomic mass is 9.95. The summed E-state index contributed by atoms with van der Waals surface area (Å²) in [6.07, 6.45) is 5.39. The van der Waals surface area contributed by atoms with Crippen LogP contribution in [0.25, 0.3) is 0 Å². The van der Waals surface area contributed by atoms with Gasteiger partial charge in [0.25, 0.3) is 0 Å². The van der Waals surface area contributed by atoms with E-state index < -0.39 is 11.9 Å². The molecule has 0 radical (unpaired) electrons. The first-order valence-corrected chi connectivity index (χ1v) is 7.29. The summed E-state index contributed by atoms with van der Waals surface area (Å²) in [5.41, 5.74) is 1.03. The normalized spacial score (nSPS) is 12.3. The highest BCUT2D eigenvalue weighted by Crippen LogP contribution is 2.22. The number of rotatable bonds is 6. The first-order valence-electron chi connectivity index (χ1n) is 6.50. The molecule has 1 aromatic carbocycles. The standard InChI is InChI=1S/C15H17BrN2O2/c1-18-9-8-17-14(18)7-6-12(15(19)20)10-11-4-2-3-5-13(11)16/h2-5,8-9,12H,6-7,10H2,1H3,(H,19,20). The van der Waals surface area contributed by atoms with Gasteiger partial charge in [-0.2, -0.15) is 0 Å². The van der Waals surface area contributed by atoms with E-state index in [9.17, 15) is 9.90 Å². The van der Waals surface area contributed by atoms with Crippen LogP contribution in [0, 0.1) is 5.92 Å². The predicted molar refractivity (Wildman–Crippen MR) is 80.5 cm³/mol. The molecule has 0 saturated carbocycles. The maximum Gasteiger partial charge on any atom is 0.306 e. The van der Waals surface area contributed by atoms with Crippen LogP contribution in [0.2, 0.25) is 0 Å². The van der Waals surface area contributed by atoms with Gasteiger partial charge in [-0.15, -0.1) is 0 Å². The van der Waals surface area contributed by atoms with Crippen LogP contribution in [0.4, 0.5) is 0 Å². The lowest BCUT2D eigenvalue weighted by Crippen LogP contribution is -2.18. The number of imidazole rings is 1. The van der Waals surface area contributed by atoms with Crippen LogP contribution < -0.4 is 0 Å². The fourth-order valence-corrected chi connectivity index (χ4v) is 2.63. The van der Waals surface area contributed by atoms with Gasteiger partial charge in [0.2, 0.25) is 0 Å². The molecule has 4 nitrogen and oxygen atoms in total. The molecule has 5 heteroatoms. The molecule has 20 heavy (non-hydrogen) atoms. The van der Waals surface area contributed by atoms with Gasteiger partial charge in [-0.3, -0.25) is 4.79 Å². The van der Waals surface area contributed by atoms with Crippen molar-refractivity contribution in [2.75, 3.05) is 0 Å². The highest BCUT2D eigenvalue weighted by molar-refractivity contribution is 9.10. The summed E-state index contributed by atoms with van der Waals surface area (Å²) >= 11 is 3.47. The van der Waals surface area contributed by atoms with Crippen molar-refractivity contribution in [3.63, 3.8) is 0 Å². The molecule has 1 heterocycles. The van der Waals surface area contributed by atoms with E-state index in [-0.39, 0.29) is 0 Å². The third kappa shape index (κ3) is 3.70. The number of carboxylic acids is 1. The zero-order valence-electron chi connectivity index (χ0n) is 11.3. The minimum Gasteiger partial charge on any atom is -0.481 e. The molecular formula is C15H17BrN2O2. The number of hydrogen-bond donors (Lipinski definition) is 1. The van der Waals surface area contributed by atoms with E-state index in [0.717, 1.165) is 15.9 Å². The third-order valence-electron chi connectivity index (χ3n) is 3.41. The van der Waals surface area contributed by atoms with Gasteiger partial charge in [-0.05, 0) is 24.5 Å². The second-order valence-corrected chi connectivity index (χ2v) is 5.68. The number of benzene rings is 1. The van der Waals surface area contributed by atoms with Crippen molar-refractivity contribution in [2.45, 2.75) is 19.3 Å². The fraction of sp³-hybridized carbons (Fsp3) is 0.333. The van der Waals surface area contributed by atoms with Gasteiger partial charge in [-0.1, -0.05) is 34.1 Å². The molecular weight excluding hydrogens is 320 g/mol. The van der Waals surface area contributed by atoms with Crippen molar-refractivity contribution in [1.29, 1.82) is 0 Å². The van der Waals surface area contributed by atoms with Gasteiger partial charge >= 0.3 is 5.97 Å². The first kappa shape index (κ1) is 14.8. The Hall–Kier alpha value is -1.62. The highest BCUT2D eigenvalue weighted by atomic mass is 79.9. The zero-order chi connectivity index (χ0) is 14.5. The second kappa shape index (κ2) is 6.70. The Labute approximate surface area is 126 Å². The lowest BCUT2D eigenvalue weighted by molar-refractivity contribution is -0.141. The average molecular weight is 337 g/mol. The number of halogens is 1. The molecule has 0 aliphatic rings. The number of carboxylic acid groups (broad SMARTS) is 1. The molecule has 0 aliphatic carbocycles. The quantitative estimate of drug-likeness (QED) is 0.881. The number of hydrogen-bond acceptors (Lipinski definition) is 2. The van der Waals surface area contributed by atoms with Crippen molar-refractivity contribution in [1.82, 2.24) is 9.55 Å². The van der Waals surface area contributed by atoms with E-state index in [1.165, 1.54) is 0 Å². The van der Waals surface area contributed by atoms with Gasteiger partial charge in [0.1, 0.15) is 5.82 Å². The SMILES string of the molecule is Cn1ccnc1CCC(Cc1ccccc1Br)C(=O)O. The number of aliphatic carboxylic acids is 1.